The average Bonchev–Trinajstić information content (AvgIpc) is 3.28. The Morgan fingerprint density at radius 2 is 1.79 bits per heavy atom. The third-order valence-electron chi connectivity index (χ3n) is 6.99. The van der Waals surface area contributed by atoms with Gasteiger partial charge in [-0.25, -0.2) is 18.2 Å². The lowest BCUT2D eigenvalue weighted by Crippen LogP contribution is -2.52. The molecule has 2 saturated heterocycles. The van der Waals surface area contributed by atoms with Crippen molar-refractivity contribution in [2.75, 3.05) is 39.4 Å². The number of carbonyl (C=O) groups excluding carboxylic acids is 1. The highest BCUT2D eigenvalue weighted by molar-refractivity contribution is 7.91. The van der Waals surface area contributed by atoms with E-state index in [1.165, 1.54) is 23.0 Å². The number of nitrogens with zero attached hydrogens (tertiary/aromatic N) is 3. The number of urea groups is 1. The fourth-order valence-electron chi connectivity index (χ4n) is 4.60. The number of oxazole rings is 1. The van der Waals surface area contributed by atoms with Crippen molar-refractivity contribution in [1.29, 1.82) is 0 Å². The summed E-state index contributed by atoms with van der Waals surface area (Å²) in [5.41, 5.74) is 4.08. The minimum absolute atomic E-state index is 0.0102. The molecule has 0 spiro atoms. The summed E-state index contributed by atoms with van der Waals surface area (Å²) < 4.78 is 35.9. The Hall–Kier alpha value is -2.39. The third kappa shape index (κ3) is 5.46. The number of ether oxygens (including phenoxy) is 1. The van der Waals surface area contributed by atoms with E-state index in [4.69, 9.17) is 9.15 Å². The normalized spacial score (nSPS) is 21.8. The molecule has 3 heterocycles. The molecule has 4 rings (SSSR count). The van der Waals surface area contributed by atoms with Crippen LogP contribution in [0.1, 0.15) is 60.4 Å². The molecule has 8 nitrogen and oxygen atoms in total. The highest BCUT2D eigenvalue weighted by atomic mass is 32.2. The molecule has 2 aromatic rings. The fourth-order valence-corrected chi connectivity index (χ4v) is 5.48. The zero-order chi connectivity index (χ0) is 24.5. The van der Waals surface area contributed by atoms with Crippen molar-refractivity contribution in [3.63, 3.8) is 0 Å². The molecule has 186 valence electrons. The van der Waals surface area contributed by atoms with E-state index >= 15 is 0 Å². The van der Waals surface area contributed by atoms with Crippen LogP contribution in [0, 0.1) is 13.8 Å². The van der Waals surface area contributed by atoms with Gasteiger partial charge in [0.15, 0.2) is 15.7 Å². The van der Waals surface area contributed by atoms with Crippen molar-refractivity contribution >= 4 is 15.9 Å². The number of piperidine rings is 1. The topological polar surface area (TPSA) is 93.0 Å². The van der Waals surface area contributed by atoms with E-state index in [-0.39, 0.29) is 23.6 Å². The number of benzene rings is 1. The number of sulfone groups is 1. The molecule has 0 bridgehead atoms. The molecule has 0 N–H and O–H groups in total. The number of rotatable bonds is 5. The molecule has 1 aromatic carbocycles. The number of aryl methyl sites for hydroxylation is 2. The maximum absolute atomic E-state index is 13.4. The van der Waals surface area contributed by atoms with Gasteiger partial charge in [0, 0.05) is 32.1 Å². The van der Waals surface area contributed by atoms with Crippen molar-refractivity contribution in [3.05, 3.63) is 52.7 Å². The monoisotopic (exact) mass is 489 g/mol. The summed E-state index contributed by atoms with van der Waals surface area (Å²) in [5, 5.41) is -0.474. The molecule has 34 heavy (non-hydrogen) atoms. The van der Waals surface area contributed by atoms with Gasteiger partial charge in [-0.3, -0.25) is 0 Å². The first-order valence-corrected chi connectivity index (χ1v) is 13.7. The molecule has 2 unspecified atom stereocenters. The number of morpholine rings is 1. The summed E-state index contributed by atoms with van der Waals surface area (Å²) in [7, 11) is -3.28. The van der Waals surface area contributed by atoms with Crippen molar-refractivity contribution < 1.29 is 22.4 Å². The lowest BCUT2D eigenvalue weighted by Gasteiger charge is -2.40. The van der Waals surface area contributed by atoms with Gasteiger partial charge in [-0.15, -0.1) is 0 Å². The second-order valence-electron chi connectivity index (χ2n) is 9.79. The first-order chi connectivity index (χ1) is 16.1. The molecule has 1 aromatic heterocycles. The molecule has 0 saturated carbocycles. The highest BCUT2D eigenvalue weighted by Gasteiger charge is 2.36. The van der Waals surface area contributed by atoms with Crippen LogP contribution in [0.25, 0.3) is 0 Å². The van der Waals surface area contributed by atoms with Crippen LogP contribution in [0.15, 0.2) is 28.9 Å². The predicted octanol–water partition coefficient (Wildman–Crippen LogP) is 3.64. The predicted molar refractivity (Wildman–Crippen MR) is 130 cm³/mol. The van der Waals surface area contributed by atoms with Crippen LogP contribution in [0.4, 0.5) is 4.79 Å². The number of aromatic nitrogens is 1. The second-order valence-corrected chi connectivity index (χ2v) is 12.4. The Kier molecular flexibility index (Phi) is 7.33. The number of hydrogen-bond donors (Lipinski definition) is 0. The Morgan fingerprint density at radius 3 is 2.47 bits per heavy atom. The number of likely N-dealkylation sites (tertiary alicyclic amines) is 1. The van der Waals surface area contributed by atoms with Crippen LogP contribution < -0.4 is 0 Å². The van der Waals surface area contributed by atoms with Gasteiger partial charge in [-0.2, -0.15) is 0 Å². The minimum atomic E-state index is -3.28. The summed E-state index contributed by atoms with van der Waals surface area (Å²) in [6.07, 6.45) is 2.23. The standard InChI is InChI=1S/C25H35N3O5S/c1-17(2)34(30,31)16-23-15-33-24(26-23)22-12-21(20-6-5-18(3)19(4)11-20)13-28(14-22)25(29)27-7-9-32-10-8-27/h5-6,11,15,17,21-22H,7-10,12-14,16H2,1-4H3. The van der Waals surface area contributed by atoms with Crippen molar-refractivity contribution in [2.45, 2.75) is 57.0 Å². The van der Waals surface area contributed by atoms with Crippen LogP contribution >= 0.6 is 0 Å². The number of hydrogen-bond acceptors (Lipinski definition) is 6. The fraction of sp³-hybridized carbons (Fsp3) is 0.600. The van der Waals surface area contributed by atoms with E-state index in [9.17, 15) is 13.2 Å². The van der Waals surface area contributed by atoms with Gasteiger partial charge in [-0.05, 0) is 50.8 Å². The third-order valence-corrected chi connectivity index (χ3v) is 9.13. The first kappa shape index (κ1) is 24.7. The molecule has 2 atom stereocenters. The minimum Gasteiger partial charge on any atom is -0.448 e. The zero-order valence-corrected chi connectivity index (χ0v) is 21.3. The van der Waals surface area contributed by atoms with Gasteiger partial charge >= 0.3 is 6.03 Å². The lowest BCUT2D eigenvalue weighted by molar-refractivity contribution is 0.0393. The maximum Gasteiger partial charge on any atom is 0.320 e. The number of amides is 2. The van der Waals surface area contributed by atoms with E-state index in [0.29, 0.717) is 51.0 Å². The van der Waals surface area contributed by atoms with Gasteiger partial charge in [0.05, 0.1) is 35.8 Å². The largest absolute Gasteiger partial charge is 0.448 e. The summed E-state index contributed by atoms with van der Waals surface area (Å²) in [4.78, 5) is 21.7. The van der Waals surface area contributed by atoms with Crippen LogP contribution in [0.5, 0.6) is 0 Å². The summed E-state index contributed by atoms with van der Waals surface area (Å²) >= 11 is 0. The Morgan fingerprint density at radius 1 is 1.09 bits per heavy atom. The van der Waals surface area contributed by atoms with Crippen LogP contribution in [0.2, 0.25) is 0 Å². The quantitative estimate of drug-likeness (QED) is 0.637. The smallest absolute Gasteiger partial charge is 0.320 e. The molecular formula is C25H35N3O5S. The average molecular weight is 490 g/mol. The van der Waals surface area contributed by atoms with Crippen LogP contribution in [0.3, 0.4) is 0 Å². The first-order valence-electron chi connectivity index (χ1n) is 12.0. The van der Waals surface area contributed by atoms with E-state index < -0.39 is 15.1 Å². The summed E-state index contributed by atoms with van der Waals surface area (Å²) in [6.45, 7) is 10.9. The van der Waals surface area contributed by atoms with E-state index in [1.807, 2.05) is 9.80 Å². The summed E-state index contributed by atoms with van der Waals surface area (Å²) in [5.74, 6) is 0.388. The summed E-state index contributed by atoms with van der Waals surface area (Å²) in [6, 6.07) is 6.48. The molecule has 0 radical (unpaired) electrons. The SMILES string of the molecule is Cc1ccc(C2CC(c3nc(CS(=O)(=O)C(C)C)co3)CN(C(=O)N3CCOCC3)C2)cc1C. The van der Waals surface area contributed by atoms with Gasteiger partial charge in [0.1, 0.15) is 6.26 Å². The highest BCUT2D eigenvalue weighted by Crippen LogP contribution is 2.36. The van der Waals surface area contributed by atoms with E-state index in [2.05, 4.69) is 37.0 Å². The molecule has 2 aliphatic rings. The second kappa shape index (κ2) is 10.1. The van der Waals surface area contributed by atoms with Gasteiger partial charge in [0.25, 0.3) is 0 Å². The molecule has 2 fully saturated rings. The zero-order valence-electron chi connectivity index (χ0n) is 20.5. The molecule has 0 aliphatic carbocycles. The van der Waals surface area contributed by atoms with Crippen LogP contribution in [-0.4, -0.2) is 73.9 Å². The maximum atomic E-state index is 13.4. The van der Waals surface area contributed by atoms with Gasteiger partial charge < -0.3 is 19.0 Å². The van der Waals surface area contributed by atoms with Gasteiger partial charge in [-0.1, -0.05) is 18.2 Å². The molecule has 2 aliphatic heterocycles. The molecular weight excluding hydrogens is 454 g/mol. The molecule has 2 amide bonds. The number of carbonyl (C=O) groups is 1. The van der Waals surface area contributed by atoms with Crippen molar-refractivity contribution in [3.8, 4) is 0 Å². The van der Waals surface area contributed by atoms with Crippen LogP contribution in [-0.2, 0) is 20.3 Å². The van der Waals surface area contributed by atoms with Crippen molar-refractivity contribution in [2.24, 2.45) is 0 Å². The van der Waals surface area contributed by atoms with E-state index in [1.54, 1.807) is 13.8 Å². The Labute approximate surface area is 202 Å². The van der Waals surface area contributed by atoms with Crippen molar-refractivity contribution in [1.82, 2.24) is 14.8 Å². The van der Waals surface area contributed by atoms with Gasteiger partial charge in [0.2, 0.25) is 0 Å². The van der Waals surface area contributed by atoms with E-state index in [0.717, 1.165) is 6.42 Å². The lowest BCUT2D eigenvalue weighted by atomic mass is 9.83. The Bertz CT molecular complexity index is 1120. The Balaban J connectivity index is 1.59. The molecule has 9 heteroatoms.